The highest BCUT2D eigenvalue weighted by molar-refractivity contribution is 8.02. The topological polar surface area (TPSA) is 87.1 Å². The van der Waals surface area contributed by atoms with Crippen LogP contribution in [0.2, 0.25) is 0 Å². The number of ether oxygens (including phenoxy) is 1. The predicted octanol–water partition coefficient (Wildman–Crippen LogP) is 4.98. The molecule has 8 heteroatoms. The van der Waals surface area contributed by atoms with E-state index in [1.54, 1.807) is 27.6 Å². The van der Waals surface area contributed by atoms with E-state index in [-0.39, 0.29) is 24.4 Å². The smallest absolute Gasteiger partial charge is 0.311 e. The third kappa shape index (κ3) is 5.25. The fourth-order valence-corrected chi connectivity index (χ4v) is 9.49. The third-order valence-electron chi connectivity index (χ3n) is 8.91. The molecule has 1 spiro atoms. The van der Waals surface area contributed by atoms with Gasteiger partial charge in [-0.05, 0) is 76.8 Å². The van der Waals surface area contributed by atoms with E-state index < -0.39 is 27.4 Å². The second-order valence-electron chi connectivity index (χ2n) is 11.6. The Morgan fingerprint density at radius 2 is 1.88 bits per heavy atom. The second-order valence-corrected chi connectivity index (χ2v) is 13.5. The first-order chi connectivity index (χ1) is 19.2. The van der Waals surface area contributed by atoms with Gasteiger partial charge in [-0.25, -0.2) is 0 Å². The monoisotopic (exact) mass is 568 g/mol. The minimum Gasteiger partial charge on any atom is -0.465 e. The highest BCUT2D eigenvalue weighted by atomic mass is 32.2. The molecule has 1 N–H and O–H groups in total. The van der Waals surface area contributed by atoms with Crippen LogP contribution in [-0.4, -0.2) is 69.6 Å². The number of hydrogen-bond acceptors (Lipinski definition) is 6. The van der Waals surface area contributed by atoms with Crippen LogP contribution in [0.5, 0.6) is 0 Å². The quantitative estimate of drug-likeness (QED) is 0.194. The maximum Gasteiger partial charge on any atom is 0.311 e. The highest BCUT2D eigenvalue weighted by Gasteiger charge is 2.77. The zero-order chi connectivity index (χ0) is 29.1. The van der Waals surface area contributed by atoms with Crippen LogP contribution in [-0.2, 0) is 19.1 Å². The lowest BCUT2D eigenvalue weighted by Gasteiger charge is -2.38. The number of fused-ring (bicyclic) bond motifs is 1. The van der Waals surface area contributed by atoms with Crippen molar-refractivity contribution in [3.05, 3.63) is 54.6 Å². The zero-order valence-corrected chi connectivity index (χ0v) is 25.0. The van der Waals surface area contributed by atoms with Crippen molar-refractivity contribution in [1.29, 1.82) is 0 Å². The van der Waals surface area contributed by atoms with Gasteiger partial charge in [0.1, 0.15) is 6.04 Å². The molecule has 1 aromatic rings. The first kappa shape index (κ1) is 30.4. The Bertz CT molecular complexity index is 1130. The van der Waals surface area contributed by atoms with Crippen LogP contribution < -0.4 is 4.90 Å². The standard InChI is InChI=1S/C32H44N2O5S/c1-6-8-9-12-21-39-30(38)25-24-28(36)34(19-10-11-20-35)27(32(24)17-16-31(25,5)40-32)29(37)33(18-7-2)26-22(3)14-13-15-23(26)4/h6-7,13-15,24-25,27,35H,1-2,8-12,16-21H2,3-5H3/t24-,25+,27?,31-,32?/m0/s1. The van der Waals surface area contributed by atoms with Crippen molar-refractivity contribution in [2.24, 2.45) is 11.8 Å². The highest BCUT2D eigenvalue weighted by Crippen LogP contribution is 2.71. The van der Waals surface area contributed by atoms with Crippen LogP contribution in [0.4, 0.5) is 5.69 Å². The zero-order valence-electron chi connectivity index (χ0n) is 24.2. The number of benzene rings is 1. The summed E-state index contributed by atoms with van der Waals surface area (Å²) in [6.07, 6.45) is 8.65. The van der Waals surface area contributed by atoms with Crippen molar-refractivity contribution in [1.82, 2.24) is 4.90 Å². The number of aliphatic hydroxyl groups excluding tert-OH is 1. The summed E-state index contributed by atoms with van der Waals surface area (Å²) in [7, 11) is 0. The Kier molecular flexibility index (Phi) is 9.51. The van der Waals surface area contributed by atoms with Crippen molar-refractivity contribution >= 4 is 35.2 Å². The number of likely N-dealkylation sites (tertiary alicyclic amines) is 1. The van der Waals surface area contributed by atoms with Crippen LogP contribution >= 0.6 is 11.8 Å². The number of esters is 1. The first-order valence-electron chi connectivity index (χ1n) is 14.5. The number of unbranched alkanes of at least 4 members (excludes halogenated alkanes) is 3. The molecule has 4 rings (SSSR count). The van der Waals surface area contributed by atoms with Crippen LogP contribution in [0.25, 0.3) is 0 Å². The lowest BCUT2D eigenvalue weighted by molar-refractivity contribution is -0.155. The summed E-state index contributed by atoms with van der Waals surface area (Å²) < 4.78 is 4.59. The first-order valence-corrected chi connectivity index (χ1v) is 15.4. The van der Waals surface area contributed by atoms with E-state index in [9.17, 15) is 19.5 Å². The van der Waals surface area contributed by atoms with E-state index >= 15 is 0 Å². The molecule has 3 fully saturated rings. The van der Waals surface area contributed by atoms with Gasteiger partial charge in [-0.2, -0.15) is 0 Å². The van der Waals surface area contributed by atoms with Gasteiger partial charge in [0.15, 0.2) is 0 Å². The Balaban J connectivity index is 1.72. The summed E-state index contributed by atoms with van der Waals surface area (Å²) in [5, 5.41) is 9.44. The molecule has 2 unspecified atom stereocenters. The summed E-state index contributed by atoms with van der Waals surface area (Å²) in [4.78, 5) is 46.0. The summed E-state index contributed by atoms with van der Waals surface area (Å²) in [5.74, 6) is -1.80. The maximum absolute atomic E-state index is 14.7. The molecule has 3 saturated heterocycles. The van der Waals surface area contributed by atoms with Gasteiger partial charge in [0.05, 0.1) is 23.2 Å². The summed E-state index contributed by atoms with van der Waals surface area (Å²) in [6.45, 7) is 14.7. The average Bonchev–Trinajstić information content (AvgIpc) is 3.48. The molecule has 7 nitrogen and oxygen atoms in total. The lowest BCUT2D eigenvalue weighted by Crippen LogP contribution is -2.55. The number of carbonyl (C=O) groups is 3. The van der Waals surface area contributed by atoms with E-state index in [1.807, 2.05) is 38.1 Å². The Morgan fingerprint density at radius 1 is 1.15 bits per heavy atom. The molecule has 40 heavy (non-hydrogen) atoms. The molecule has 3 aliphatic heterocycles. The van der Waals surface area contributed by atoms with Gasteiger partial charge in [0.25, 0.3) is 5.91 Å². The molecule has 1 aromatic carbocycles. The van der Waals surface area contributed by atoms with E-state index in [2.05, 4.69) is 20.1 Å². The van der Waals surface area contributed by atoms with Gasteiger partial charge in [-0.3, -0.25) is 14.4 Å². The van der Waals surface area contributed by atoms with Gasteiger partial charge in [0.2, 0.25) is 5.91 Å². The second kappa shape index (κ2) is 12.5. The van der Waals surface area contributed by atoms with Crippen molar-refractivity contribution < 1.29 is 24.2 Å². The lowest BCUT2D eigenvalue weighted by atomic mass is 9.66. The number of amides is 2. The van der Waals surface area contributed by atoms with E-state index in [4.69, 9.17) is 4.74 Å². The van der Waals surface area contributed by atoms with Gasteiger partial charge >= 0.3 is 5.97 Å². The molecular formula is C32H44N2O5S. The number of para-hydroxylation sites is 1. The normalized spacial score (nSPS) is 28.4. The van der Waals surface area contributed by atoms with E-state index in [0.29, 0.717) is 39.0 Å². The number of carbonyl (C=O) groups excluding carboxylic acids is 3. The summed E-state index contributed by atoms with van der Waals surface area (Å²) in [5.41, 5.74) is 2.80. The fourth-order valence-electron chi connectivity index (χ4n) is 7.15. The number of aryl methyl sites for hydroxylation is 2. The molecular weight excluding hydrogens is 524 g/mol. The number of rotatable bonds is 14. The van der Waals surface area contributed by atoms with Crippen LogP contribution in [0.3, 0.4) is 0 Å². The molecule has 0 radical (unpaired) electrons. The summed E-state index contributed by atoms with van der Waals surface area (Å²) in [6, 6.07) is 5.25. The third-order valence-corrected chi connectivity index (χ3v) is 10.9. The molecule has 3 heterocycles. The largest absolute Gasteiger partial charge is 0.465 e. The minimum absolute atomic E-state index is 0.0217. The van der Waals surface area contributed by atoms with Gasteiger partial charge in [0, 0.05) is 30.1 Å². The number of allylic oxidation sites excluding steroid dienone is 1. The maximum atomic E-state index is 14.7. The van der Waals surface area contributed by atoms with Crippen LogP contribution in [0.1, 0.15) is 63.0 Å². The van der Waals surface area contributed by atoms with E-state index in [1.165, 1.54) is 0 Å². The molecule has 218 valence electrons. The van der Waals surface area contributed by atoms with Crippen molar-refractivity contribution in [2.45, 2.75) is 81.3 Å². The summed E-state index contributed by atoms with van der Waals surface area (Å²) >= 11 is 1.66. The number of anilines is 1. The van der Waals surface area contributed by atoms with E-state index in [0.717, 1.165) is 42.5 Å². The fraction of sp³-hybridized carbons (Fsp3) is 0.594. The number of hydrogen-bond donors (Lipinski definition) is 1. The number of nitrogens with zero attached hydrogens (tertiary/aromatic N) is 2. The van der Waals surface area contributed by atoms with Crippen LogP contribution in [0.15, 0.2) is 43.5 Å². The van der Waals surface area contributed by atoms with Crippen LogP contribution in [0, 0.1) is 25.7 Å². The molecule has 0 saturated carbocycles. The minimum atomic E-state index is -0.708. The predicted molar refractivity (Wildman–Crippen MR) is 160 cm³/mol. The molecule has 3 aliphatic rings. The van der Waals surface area contributed by atoms with Crippen molar-refractivity contribution in [2.75, 3.05) is 31.2 Å². The molecule has 2 amide bonds. The Labute approximate surface area is 243 Å². The van der Waals surface area contributed by atoms with Gasteiger partial charge < -0.3 is 19.6 Å². The Morgan fingerprint density at radius 3 is 2.52 bits per heavy atom. The number of aliphatic hydroxyl groups is 1. The molecule has 2 bridgehead atoms. The molecule has 0 aromatic heterocycles. The number of thioether (sulfide) groups is 1. The Hall–Kier alpha value is -2.58. The average molecular weight is 569 g/mol. The SMILES string of the molecule is C=CCCCCOC(=O)[C@H]1[C@H]2C(=O)N(CCCCO)C(C(=O)N(CC=C)c3c(C)cccc3C)C23CC[C@]1(C)S3. The van der Waals surface area contributed by atoms with Gasteiger partial charge in [-0.1, -0.05) is 30.4 Å². The van der Waals surface area contributed by atoms with Gasteiger partial charge in [-0.15, -0.1) is 24.9 Å². The van der Waals surface area contributed by atoms with Crippen molar-refractivity contribution in [3.63, 3.8) is 0 Å². The molecule has 5 atom stereocenters. The van der Waals surface area contributed by atoms with Crippen molar-refractivity contribution in [3.8, 4) is 0 Å². The molecule has 0 aliphatic carbocycles.